The molecule has 5 heteroatoms. The number of carbonyl (C=O) groups excluding carboxylic acids is 1. The second-order valence-corrected chi connectivity index (χ2v) is 9.53. The lowest BCUT2D eigenvalue weighted by atomic mass is 9.59. The maximum absolute atomic E-state index is 15.0. The molecule has 2 aromatic heterocycles. The number of allylic oxidation sites excluding steroid dienone is 2. The minimum atomic E-state index is -0.429. The fourth-order valence-corrected chi connectivity index (χ4v) is 5.81. The van der Waals surface area contributed by atoms with Crippen LogP contribution in [0.5, 0.6) is 0 Å². The van der Waals surface area contributed by atoms with Gasteiger partial charge in [0, 0.05) is 39.6 Å². The molecule has 0 spiro atoms. The lowest BCUT2D eigenvalue weighted by molar-refractivity contribution is -0.120. The van der Waals surface area contributed by atoms with Gasteiger partial charge >= 0.3 is 0 Å². The summed E-state index contributed by atoms with van der Waals surface area (Å²) in [6, 6.07) is 16.6. The van der Waals surface area contributed by atoms with Gasteiger partial charge < -0.3 is 0 Å². The molecule has 0 N–H and O–H groups in total. The Morgan fingerprint density at radius 1 is 1.00 bits per heavy atom. The molecule has 2 aliphatic rings. The molecule has 0 unspecified atom stereocenters. The zero-order valence-electron chi connectivity index (χ0n) is 19.1. The van der Waals surface area contributed by atoms with E-state index in [1.807, 2.05) is 49.4 Å². The molecule has 6 rings (SSSR count). The highest BCUT2D eigenvalue weighted by atomic mass is 19.1. The van der Waals surface area contributed by atoms with Gasteiger partial charge in [0.05, 0.1) is 16.9 Å². The van der Waals surface area contributed by atoms with E-state index in [1.54, 1.807) is 24.4 Å². The van der Waals surface area contributed by atoms with Crippen molar-refractivity contribution < 1.29 is 9.18 Å². The number of pyridine rings is 1. The molecule has 0 aliphatic heterocycles. The lowest BCUT2D eigenvalue weighted by Gasteiger charge is -2.45. The predicted molar refractivity (Wildman–Crippen MR) is 131 cm³/mol. The van der Waals surface area contributed by atoms with Crippen molar-refractivity contribution in [3.63, 3.8) is 0 Å². The SMILES string of the molecule is C[C@H]1C(=O)C=C[C@@]2(C)c3nc(-c4ccnc5ccccc45)nc(-c4ccccc4F)c3CC[C@H]12. The third kappa shape index (κ3) is 3.03. The summed E-state index contributed by atoms with van der Waals surface area (Å²) in [4.78, 5) is 27.1. The van der Waals surface area contributed by atoms with E-state index in [1.165, 1.54) is 6.07 Å². The smallest absolute Gasteiger partial charge is 0.160 e. The molecular formula is C29H24FN3O. The second kappa shape index (κ2) is 7.66. The zero-order valence-corrected chi connectivity index (χ0v) is 19.1. The first-order valence-electron chi connectivity index (χ1n) is 11.7. The summed E-state index contributed by atoms with van der Waals surface area (Å²) in [6.45, 7) is 4.16. The van der Waals surface area contributed by atoms with E-state index in [0.717, 1.165) is 34.1 Å². The third-order valence-electron chi connectivity index (χ3n) is 7.66. The van der Waals surface area contributed by atoms with Crippen LogP contribution in [0.3, 0.4) is 0 Å². The van der Waals surface area contributed by atoms with Crippen molar-refractivity contribution in [2.24, 2.45) is 11.8 Å². The quantitative estimate of drug-likeness (QED) is 0.371. The van der Waals surface area contributed by atoms with Crippen LogP contribution >= 0.6 is 0 Å². The molecule has 3 atom stereocenters. The van der Waals surface area contributed by atoms with Crippen LogP contribution in [0, 0.1) is 17.7 Å². The molecule has 0 amide bonds. The molecule has 0 saturated heterocycles. The Bertz CT molecular complexity index is 1490. The molecule has 168 valence electrons. The number of hydrogen-bond donors (Lipinski definition) is 0. The number of ketones is 1. The van der Waals surface area contributed by atoms with Crippen LogP contribution in [0.1, 0.15) is 31.5 Å². The summed E-state index contributed by atoms with van der Waals surface area (Å²) in [5, 5.41) is 0.949. The van der Waals surface area contributed by atoms with E-state index in [0.29, 0.717) is 23.5 Å². The Balaban J connectivity index is 1.68. The number of rotatable bonds is 2. The number of aromatic nitrogens is 3. The molecule has 2 aromatic carbocycles. The summed E-state index contributed by atoms with van der Waals surface area (Å²) in [7, 11) is 0. The van der Waals surface area contributed by atoms with E-state index in [4.69, 9.17) is 9.97 Å². The summed E-state index contributed by atoms with van der Waals surface area (Å²) >= 11 is 0. The van der Waals surface area contributed by atoms with Gasteiger partial charge in [0.2, 0.25) is 0 Å². The number of nitrogens with zero attached hydrogens (tertiary/aromatic N) is 3. The largest absolute Gasteiger partial charge is 0.295 e. The van der Waals surface area contributed by atoms with Gasteiger partial charge in [0.25, 0.3) is 0 Å². The Labute approximate surface area is 197 Å². The van der Waals surface area contributed by atoms with Crippen molar-refractivity contribution in [2.75, 3.05) is 0 Å². The zero-order chi connectivity index (χ0) is 23.4. The average Bonchev–Trinajstić information content (AvgIpc) is 2.86. The Hall–Kier alpha value is -3.73. The molecule has 0 bridgehead atoms. The van der Waals surface area contributed by atoms with Crippen LogP contribution in [0.25, 0.3) is 33.5 Å². The van der Waals surface area contributed by atoms with Crippen molar-refractivity contribution in [2.45, 2.75) is 32.1 Å². The van der Waals surface area contributed by atoms with Crippen molar-refractivity contribution in [1.29, 1.82) is 0 Å². The fraction of sp³-hybridized carbons (Fsp3) is 0.241. The van der Waals surface area contributed by atoms with Gasteiger partial charge in [0.15, 0.2) is 11.6 Å². The van der Waals surface area contributed by atoms with Gasteiger partial charge in [-0.15, -0.1) is 0 Å². The molecule has 4 aromatic rings. The first-order valence-corrected chi connectivity index (χ1v) is 11.7. The van der Waals surface area contributed by atoms with E-state index in [-0.39, 0.29) is 23.4 Å². The monoisotopic (exact) mass is 449 g/mol. The first kappa shape index (κ1) is 20.8. The van der Waals surface area contributed by atoms with Crippen molar-refractivity contribution in [1.82, 2.24) is 15.0 Å². The van der Waals surface area contributed by atoms with Gasteiger partial charge in [-0.3, -0.25) is 9.78 Å². The molecule has 0 fully saturated rings. The van der Waals surface area contributed by atoms with Gasteiger partial charge in [-0.25, -0.2) is 14.4 Å². The van der Waals surface area contributed by atoms with E-state index < -0.39 is 5.41 Å². The van der Waals surface area contributed by atoms with Crippen LogP contribution < -0.4 is 0 Å². The molecular weight excluding hydrogens is 425 g/mol. The summed E-state index contributed by atoms with van der Waals surface area (Å²) < 4.78 is 15.0. The van der Waals surface area contributed by atoms with Crippen molar-refractivity contribution in [3.8, 4) is 22.6 Å². The van der Waals surface area contributed by atoms with Gasteiger partial charge in [-0.2, -0.15) is 0 Å². The standard InChI is InChI=1S/C29H24FN3O/c1-17-22-12-11-21-26(20-8-3-5-9-23(20)30)32-28(33-27(21)29(22,2)15-13-25(17)34)19-14-16-31-24-10-6-4-7-18(19)24/h3-10,13-17,22H,11-12H2,1-2H3/t17-,22-,29-/m1/s1. The number of para-hydroxylation sites is 1. The van der Waals surface area contributed by atoms with E-state index in [9.17, 15) is 4.79 Å². The Morgan fingerprint density at radius 2 is 1.79 bits per heavy atom. The second-order valence-electron chi connectivity index (χ2n) is 9.53. The minimum Gasteiger partial charge on any atom is -0.295 e. The van der Waals surface area contributed by atoms with E-state index in [2.05, 4.69) is 11.9 Å². The summed E-state index contributed by atoms with van der Waals surface area (Å²) in [6.07, 6.45) is 7.01. The highest BCUT2D eigenvalue weighted by Gasteiger charge is 2.47. The normalized spacial score (nSPS) is 23.6. The van der Waals surface area contributed by atoms with Gasteiger partial charge in [0.1, 0.15) is 5.82 Å². The van der Waals surface area contributed by atoms with Crippen molar-refractivity contribution >= 4 is 16.7 Å². The first-order chi connectivity index (χ1) is 16.5. The van der Waals surface area contributed by atoms with E-state index >= 15 is 4.39 Å². The van der Waals surface area contributed by atoms with Gasteiger partial charge in [-0.05, 0) is 49.1 Å². The molecule has 34 heavy (non-hydrogen) atoms. The van der Waals surface area contributed by atoms with Crippen LogP contribution in [0.2, 0.25) is 0 Å². The average molecular weight is 450 g/mol. The topological polar surface area (TPSA) is 55.7 Å². The van der Waals surface area contributed by atoms with Crippen molar-refractivity contribution in [3.05, 3.63) is 90.0 Å². The Morgan fingerprint density at radius 3 is 2.65 bits per heavy atom. The Kier molecular flexibility index (Phi) is 4.70. The number of hydrogen-bond acceptors (Lipinski definition) is 4. The highest BCUT2D eigenvalue weighted by molar-refractivity contribution is 5.94. The third-order valence-corrected chi connectivity index (χ3v) is 7.66. The highest BCUT2D eigenvalue weighted by Crippen LogP contribution is 2.50. The molecule has 0 radical (unpaired) electrons. The summed E-state index contributed by atoms with van der Waals surface area (Å²) in [5.41, 5.74) is 4.26. The fourth-order valence-electron chi connectivity index (χ4n) is 5.81. The van der Waals surface area contributed by atoms with Gasteiger partial charge in [-0.1, -0.05) is 50.3 Å². The molecule has 2 aliphatic carbocycles. The molecule has 0 saturated carbocycles. The maximum atomic E-state index is 15.0. The summed E-state index contributed by atoms with van der Waals surface area (Å²) in [5.74, 6) is 0.470. The van der Waals surface area contributed by atoms with Crippen LogP contribution in [0.4, 0.5) is 4.39 Å². The molecule has 4 nitrogen and oxygen atoms in total. The minimum absolute atomic E-state index is 0.0831. The number of benzene rings is 2. The van der Waals surface area contributed by atoms with Crippen LogP contribution in [-0.2, 0) is 16.6 Å². The number of halogens is 1. The van der Waals surface area contributed by atoms with Crippen LogP contribution in [-0.4, -0.2) is 20.7 Å². The predicted octanol–water partition coefficient (Wildman–Crippen LogP) is 6.09. The number of carbonyl (C=O) groups is 1. The molecule has 2 heterocycles. The lowest BCUT2D eigenvalue weighted by Crippen LogP contribution is -2.44. The van der Waals surface area contributed by atoms with Crippen LogP contribution in [0.15, 0.2) is 72.9 Å². The number of fused-ring (bicyclic) bond motifs is 4. The maximum Gasteiger partial charge on any atom is 0.160 e.